The number of hydrogen-bond acceptors (Lipinski definition) is 3. The predicted octanol–water partition coefficient (Wildman–Crippen LogP) is 5.72. The minimum atomic E-state index is -4.06. The van der Waals surface area contributed by atoms with E-state index in [9.17, 15) is 21.6 Å². The van der Waals surface area contributed by atoms with Crippen LogP contribution in [0.15, 0.2) is 52.0 Å². The molecule has 0 atom stereocenters. The van der Waals surface area contributed by atoms with E-state index in [1.807, 2.05) is 0 Å². The van der Waals surface area contributed by atoms with Gasteiger partial charge in [0.2, 0.25) is 10.0 Å². The highest BCUT2D eigenvalue weighted by molar-refractivity contribution is 9.10. The third-order valence-corrected chi connectivity index (χ3v) is 8.09. The van der Waals surface area contributed by atoms with Gasteiger partial charge in [-0.1, -0.05) is 17.7 Å². The van der Waals surface area contributed by atoms with Crippen LogP contribution in [0.3, 0.4) is 0 Å². The number of nitrogens with one attached hydrogen (secondary N) is 1. The van der Waals surface area contributed by atoms with Crippen LogP contribution in [0.1, 0.15) is 12.8 Å². The smallest absolute Gasteiger partial charge is 0.250 e. The molecule has 164 valence electrons. The molecule has 4 rings (SSSR count). The third kappa shape index (κ3) is 4.52. The monoisotopic (exact) mass is 533 g/mol. The van der Waals surface area contributed by atoms with Crippen molar-refractivity contribution >= 4 is 37.6 Å². The highest BCUT2D eigenvalue weighted by atomic mass is 79.9. The Kier molecular flexibility index (Phi) is 5.93. The second-order valence-electron chi connectivity index (χ2n) is 7.17. The molecular weight excluding hydrogens is 519 g/mol. The number of imidazole rings is 1. The van der Waals surface area contributed by atoms with Gasteiger partial charge in [0, 0.05) is 43.3 Å². The number of piperidine rings is 1. The van der Waals surface area contributed by atoms with E-state index in [1.165, 1.54) is 18.2 Å². The van der Waals surface area contributed by atoms with Crippen LogP contribution in [0.2, 0.25) is 5.02 Å². The summed E-state index contributed by atoms with van der Waals surface area (Å²) in [6, 6.07) is 8.95. The Bertz CT molecular complexity index is 1240. The van der Waals surface area contributed by atoms with Gasteiger partial charge in [-0.3, -0.25) is 0 Å². The average Bonchev–Trinajstić information content (AvgIpc) is 3.20. The van der Waals surface area contributed by atoms with Crippen LogP contribution in [0.25, 0.3) is 22.6 Å². The van der Waals surface area contributed by atoms with Crippen LogP contribution in [0.5, 0.6) is 0 Å². The summed E-state index contributed by atoms with van der Waals surface area (Å²) in [5, 5.41) is -0.0113. The number of benzene rings is 2. The molecule has 1 aromatic heterocycles. The van der Waals surface area contributed by atoms with Gasteiger partial charge in [-0.25, -0.2) is 26.6 Å². The highest BCUT2D eigenvalue weighted by Gasteiger charge is 2.39. The summed E-state index contributed by atoms with van der Waals surface area (Å²) in [6.45, 7) is -0.564. The lowest BCUT2D eigenvalue weighted by Gasteiger charge is -2.31. The van der Waals surface area contributed by atoms with Crippen LogP contribution in [-0.4, -0.2) is 41.7 Å². The molecule has 0 amide bonds. The number of sulfonamides is 1. The summed E-state index contributed by atoms with van der Waals surface area (Å²) < 4.78 is 68.1. The van der Waals surface area contributed by atoms with Crippen molar-refractivity contribution < 1.29 is 21.6 Å². The molecule has 0 bridgehead atoms. The largest absolute Gasteiger partial charge is 0.344 e. The summed E-state index contributed by atoms with van der Waals surface area (Å²) in [5.41, 5.74) is 1.45. The maximum absolute atomic E-state index is 13.8. The molecule has 5 nitrogen and oxygen atoms in total. The standard InChI is InChI=1S/C20H16BrClF3N3O2S/c21-14-3-1-12(9-16(14)23)17-11-26-19(27-17)13-2-4-15(22)18(10-13)31(29,30)28-7-5-20(24,25)6-8-28/h1-4,9-11H,5-8H2,(H,26,27). The SMILES string of the molecule is O=S(=O)(c1cc(-c2nc(-c3ccc(Br)c(F)c3)c[nH]2)ccc1Cl)N1CCC(F)(F)CC1. The first-order valence-electron chi connectivity index (χ1n) is 9.26. The maximum Gasteiger partial charge on any atom is 0.250 e. The van der Waals surface area contributed by atoms with Gasteiger partial charge in [0.05, 0.1) is 15.2 Å². The van der Waals surface area contributed by atoms with Crippen LogP contribution < -0.4 is 0 Å². The van der Waals surface area contributed by atoms with Crippen LogP contribution in [0, 0.1) is 5.82 Å². The van der Waals surface area contributed by atoms with Gasteiger partial charge in [0.1, 0.15) is 16.5 Å². The van der Waals surface area contributed by atoms with Gasteiger partial charge in [0.25, 0.3) is 5.92 Å². The Hall–Kier alpha value is -1.88. The highest BCUT2D eigenvalue weighted by Crippen LogP contribution is 2.34. The number of nitrogens with zero attached hydrogens (tertiary/aromatic N) is 2. The van der Waals surface area contributed by atoms with Gasteiger partial charge >= 0.3 is 0 Å². The third-order valence-electron chi connectivity index (χ3n) is 5.07. The van der Waals surface area contributed by atoms with E-state index in [4.69, 9.17) is 11.6 Å². The van der Waals surface area contributed by atoms with Crippen molar-refractivity contribution in [2.45, 2.75) is 23.7 Å². The Labute approximate surface area is 190 Å². The zero-order valence-electron chi connectivity index (χ0n) is 15.9. The van der Waals surface area contributed by atoms with Crippen LogP contribution >= 0.6 is 27.5 Å². The predicted molar refractivity (Wildman–Crippen MR) is 115 cm³/mol. The van der Waals surface area contributed by atoms with Crippen molar-refractivity contribution in [3.63, 3.8) is 0 Å². The number of H-pyrrole nitrogens is 1. The van der Waals surface area contributed by atoms with Crippen molar-refractivity contribution in [2.75, 3.05) is 13.1 Å². The van der Waals surface area contributed by atoms with Crippen molar-refractivity contribution in [3.05, 3.63) is 57.9 Å². The van der Waals surface area contributed by atoms with E-state index < -0.39 is 34.6 Å². The molecule has 0 aliphatic carbocycles. The molecule has 0 radical (unpaired) electrons. The molecule has 1 saturated heterocycles. The molecule has 2 heterocycles. The summed E-state index contributed by atoms with van der Waals surface area (Å²) in [6.07, 6.45) is 0.511. The van der Waals surface area contributed by atoms with Gasteiger partial charge in [-0.15, -0.1) is 0 Å². The number of alkyl halides is 2. The average molecular weight is 535 g/mol. The fraction of sp³-hybridized carbons (Fsp3) is 0.250. The molecule has 1 aliphatic heterocycles. The minimum Gasteiger partial charge on any atom is -0.344 e. The van der Waals surface area contributed by atoms with Crippen LogP contribution in [0.4, 0.5) is 13.2 Å². The van der Waals surface area contributed by atoms with Crippen molar-refractivity contribution in [2.24, 2.45) is 0 Å². The van der Waals surface area contributed by atoms with Crippen LogP contribution in [-0.2, 0) is 10.0 Å². The normalized spacial score (nSPS) is 17.1. The number of rotatable bonds is 4. The Balaban J connectivity index is 1.66. The van der Waals surface area contributed by atoms with Crippen molar-refractivity contribution in [1.82, 2.24) is 14.3 Å². The zero-order chi connectivity index (χ0) is 22.4. The lowest BCUT2D eigenvalue weighted by Crippen LogP contribution is -2.42. The molecule has 1 fully saturated rings. The fourth-order valence-corrected chi connectivity index (χ4v) is 5.50. The lowest BCUT2D eigenvalue weighted by atomic mass is 10.1. The molecule has 0 spiro atoms. The molecule has 3 aromatic rings. The Morgan fingerprint density at radius 2 is 1.77 bits per heavy atom. The summed E-state index contributed by atoms with van der Waals surface area (Å²) in [7, 11) is -4.06. The molecule has 1 N–H and O–H groups in total. The second-order valence-corrected chi connectivity index (χ2v) is 10.3. The number of hydrogen-bond donors (Lipinski definition) is 1. The summed E-state index contributed by atoms with van der Waals surface area (Å²) in [4.78, 5) is 7.19. The second kappa shape index (κ2) is 8.23. The fourth-order valence-electron chi connectivity index (χ4n) is 3.31. The minimum absolute atomic E-state index is 0.0113. The van der Waals surface area contributed by atoms with E-state index in [2.05, 4.69) is 25.9 Å². The number of aromatic amines is 1. The van der Waals surface area contributed by atoms with Crippen molar-refractivity contribution in [3.8, 4) is 22.6 Å². The van der Waals surface area contributed by atoms with Gasteiger partial charge in [-0.2, -0.15) is 4.31 Å². The number of halogens is 5. The van der Waals surface area contributed by atoms with E-state index in [-0.39, 0.29) is 23.0 Å². The molecule has 11 heteroatoms. The van der Waals surface area contributed by atoms with E-state index in [0.29, 0.717) is 27.1 Å². The Morgan fingerprint density at radius 1 is 1.10 bits per heavy atom. The maximum atomic E-state index is 13.8. The summed E-state index contributed by atoms with van der Waals surface area (Å²) >= 11 is 9.24. The zero-order valence-corrected chi connectivity index (χ0v) is 19.0. The first-order chi connectivity index (χ1) is 14.6. The summed E-state index contributed by atoms with van der Waals surface area (Å²) in [5.74, 6) is -2.94. The van der Waals surface area contributed by atoms with Crippen molar-refractivity contribution in [1.29, 1.82) is 0 Å². The molecule has 2 aromatic carbocycles. The molecular formula is C20H16BrClF3N3O2S. The lowest BCUT2D eigenvalue weighted by molar-refractivity contribution is -0.0412. The van der Waals surface area contributed by atoms with E-state index >= 15 is 0 Å². The topological polar surface area (TPSA) is 66.1 Å². The molecule has 0 unspecified atom stereocenters. The molecule has 1 aliphatic rings. The Morgan fingerprint density at radius 3 is 2.45 bits per heavy atom. The quantitative estimate of drug-likeness (QED) is 0.466. The van der Waals surface area contributed by atoms with Gasteiger partial charge < -0.3 is 4.98 Å². The van der Waals surface area contributed by atoms with Gasteiger partial charge in [0.15, 0.2) is 0 Å². The first kappa shape index (κ1) is 22.3. The van der Waals surface area contributed by atoms with Gasteiger partial charge in [-0.05, 0) is 46.3 Å². The molecule has 31 heavy (non-hydrogen) atoms. The van der Waals surface area contributed by atoms with E-state index in [0.717, 1.165) is 4.31 Å². The number of aromatic nitrogens is 2. The molecule has 0 saturated carbocycles. The van der Waals surface area contributed by atoms with E-state index in [1.54, 1.807) is 24.4 Å². The first-order valence-corrected chi connectivity index (χ1v) is 11.9.